The maximum Gasteiger partial charge on any atom is 0.223 e. The molecular formula is C14H19ClN2O2. The average Bonchev–Trinajstić information content (AvgIpc) is 2.40. The summed E-state index contributed by atoms with van der Waals surface area (Å²) < 4.78 is 5.51. The zero-order valence-corrected chi connectivity index (χ0v) is 11.7. The van der Waals surface area contributed by atoms with Crippen LogP contribution < -0.4 is 10.6 Å². The highest BCUT2D eigenvalue weighted by molar-refractivity contribution is 6.31. The van der Waals surface area contributed by atoms with Crippen LogP contribution in [0.1, 0.15) is 24.9 Å². The lowest BCUT2D eigenvalue weighted by atomic mass is 10.1. The Morgan fingerprint density at radius 1 is 1.58 bits per heavy atom. The molecule has 1 fully saturated rings. The van der Waals surface area contributed by atoms with E-state index < -0.39 is 0 Å². The molecule has 1 unspecified atom stereocenters. The number of hydrogen-bond donors (Lipinski definition) is 2. The number of halogens is 1. The monoisotopic (exact) mass is 282 g/mol. The van der Waals surface area contributed by atoms with E-state index in [9.17, 15) is 4.79 Å². The van der Waals surface area contributed by atoms with Gasteiger partial charge in [0.05, 0.1) is 25.2 Å². The third-order valence-electron chi connectivity index (χ3n) is 3.17. The lowest BCUT2D eigenvalue weighted by Gasteiger charge is -2.24. The fourth-order valence-electron chi connectivity index (χ4n) is 2.16. The van der Waals surface area contributed by atoms with Gasteiger partial charge < -0.3 is 15.4 Å². The van der Waals surface area contributed by atoms with Gasteiger partial charge in [-0.1, -0.05) is 29.8 Å². The highest BCUT2D eigenvalue weighted by Gasteiger charge is 2.19. The van der Waals surface area contributed by atoms with Crippen molar-refractivity contribution in [3.63, 3.8) is 0 Å². The number of rotatable bonds is 4. The first-order chi connectivity index (χ1) is 9.16. The Morgan fingerprint density at radius 3 is 3.05 bits per heavy atom. The maximum absolute atomic E-state index is 11.9. The smallest absolute Gasteiger partial charge is 0.223 e. The molecule has 1 amide bonds. The van der Waals surface area contributed by atoms with Crippen LogP contribution in [-0.4, -0.2) is 31.7 Å². The Balaban J connectivity index is 1.86. The van der Waals surface area contributed by atoms with Crippen LogP contribution in [-0.2, 0) is 9.53 Å². The second-order valence-corrected chi connectivity index (χ2v) is 5.12. The fraction of sp³-hybridized carbons (Fsp3) is 0.500. The van der Waals surface area contributed by atoms with Crippen LogP contribution in [0.25, 0.3) is 0 Å². The van der Waals surface area contributed by atoms with Crippen LogP contribution >= 0.6 is 11.6 Å². The van der Waals surface area contributed by atoms with E-state index in [-0.39, 0.29) is 18.1 Å². The third-order valence-corrected chi connectivity index (χ3v) is 3.51. The molecule has 0 aliphatic carbocycles. The molecular weight excluding hydrogens is 264 g/mol. The summed E-state index contributed by atoms with van der Waals surface area (Å²) in [7, 11) is 0. The number of ether oxygens (including phenoxy) is 1. The molecule has 1 aliphatic rings. The van der Waals surface area contributed by atoms with Crippen molar-refractivity contribution >= 4 is 17.5 Å². The van der Waals surface area contributed by atoms with Gasteiger partial charge in [-0.3, -0.25) is 4.79 Å². The number of hydrogen-bond acceptors (Lipinski definition) is 3. The highest BCUT2D eigenvalue weighted by Crippen LogP contribution is 2.22. The lowest BCUT2D eigenvalue weighted by Crippen LogP contribution is -2.41. The van der Waals surface area contributed by atoms with E-state index in [1.165, 1.54) is 0 Å². The highest BCUT2D eigenvalue weighted by atomic mass is 35.5. The summed E-state index contributed by atoms with van der Waals surface area (Å²) in [5.41, 5.74) is 0.931. The van der Waals surface area contributed by atoms with Crippen LogP contribution in [0.2, 0.25) is 5.02 Å². The minimum atomic E-state index is -0.0993. The van der Waals surface area contributed by atoms with Gasteiger partial charge in [-0.05, 0) is 18.6 Å². The van der Waals surface area contributed by atoms with Crippen molar-refractivity contribution < 1.29 is 9.53 Å². The summed E-state index contributed by atoms with van der Waals surface area (Å²) >= 11 is 6.11. The molecule has 0 saturated carbocycles. The van der Waals surface area contributed by atoms with Gasteiger partial charge in [-0.25, -0.2) is 0 Å². The Bertz CT molecular complexity index is 433. The normalized spacial score (nSPS) is 20.8. The quantitative estimate of drug-likeness (QED) is 0.887. The Kier molecular flexibility index (Phi) is 5.19. The molecule has 1 saturated heterocycles. The van der Waals surface area contributed by atoms with Crippen molar-refractivity contribution in [3.05, 3.63) is 34.9 Å². The molecule has 0 spiro atoms. The van der Waals surface area contributed by atoms with Gasteiger partial charge in [0.1, 0.15) is 0 Å². The van der Waals surface area contributed by atoms with E-state index in [4.69, 9.17) is 16.3 Å². The summed E-state index contributed by atoms with van der Waals surface area (Å²) in [4.78, 5) is 11.9. The van der Waals surface area contributed by atoms with Crippen molar-refractivity contribution in [2.24, 2.45) is 0 Å². The van der Waals surface area contributed by atoms with Crippen LogP contribution in [0.5, 0.6) is 0 Å². The second kappa shape index (κ2) is 6.89. The zero-order chi connectivity index (χ0) is 13.7. The first-order valence-corrected chi connectivity index (χ1v) is 6.90. The predicted molar refractivity (Wildman–Crippen MR) is 75.2 cm³/mol. The Hall–Kier alpha value is -1.10. The van der Waals surface area contributed by atoms with Gasteiger partial charge >= 0.3 is 0 Å². The number of carbonyl (C=O) groups excluding carboxylic acids is 1. The summed E-state index contributed by atoms with van der Waals surface area (Å²) in [5, 5.41) is 6.83. The minimum absolute atomic E-state index is 0.0129. The molecule has 5 heteroatoms. The van der Waals surface area contributed by atoms with E-state index in [0.29, 0.717) is 18.1 Å². The van der Waals surface area contributed by atoms with Crippen molar-refractivity contribution in [2.75, 3.05) is 19.7 Å². The number of benzene rings is 1. The average molecular weight is 283 g/mol. The van der Waals surface area contributed by atoms with Crippen LogP contribution in [0.15, 0.2) is 24.3 Å². The first-order valence-electron chi connectivity index (χ1n) is 6.53. The van der Waals surface area contributed by atoms with Crippen LogP contribution in [0, 0.1) is 0 Å². The van der Waals surface area contributed by atoms with Crippen molar-refractivity contribution in [3.8, 4) is 0 Å². The topological polar surface area (TPSA) is 50.4 Å². The molecule has 2 rings (SSSR count). The summed E-state index contributed by atoms with van der Waals surface area (Å²) in [5.74, 6) is -0.0129. The molecule has 0 bridgehead atoms. The summed E-state index contributed by atoms with van der Waals surface area (Å²) in [6.45, 7) is 4.18. The fourth-order valence-corrected chi connectivity index (χ4v) is 2.46. The van der Waals surface area contributed by atoms with Crippen molar-refractivity contribution in [2.45, 2.75) is 25.5 Å². The van der Waals surface area contributed by atoms with E-state index in [0.717, 1.165) is 18.7 Å². The SMILES string of the molecule is C[C@@H](NC(=O)CC1CNCCO1)c1ccccc1Cl. The van der Waals surface area contributed by atoms with Gasteiger partial charge in [0.25, 0.3) is 0 Å². The summed E-state index contributed by atoms with van der Waals surface area (Å²) in [6, 6.07) is 7.44. The molecule has 1 aromatic carbocycles. The van der Waals surface area contributed by atoms with Gasteiger partial charge in [-0.15, -0.1) is 0 Å². The first kappa shape index (κ1) is 14.3. The number of nitrogens with one attached hydrogen (secondary N) is 2. The van der Waals surface area contributed by atoms with Gasteiger partial charge in [0.2, 0.25) is 5.91 Å². The molecule has 2 atom stereocenters. The van der Waals surface area contributed by atoms with Gasteiger partial charge in [0, 0.05) is 18.1 Å². The molecule has 19 heavy (non-hydrogen) atoms. The zero-order valence-electron chi connectivity index (χ0n) is 11.0. The summed E-state index contributed by atoms with van der Waals surface area (Å²) in [6.07, 6.45) is 0.342. The maximum atomic E-state index is 11.9. The minimum Gasteiger partial charge on any atom is -0.375 e. The molecule has 2 N–H and O–H groups in total. The molecule has 1 aromatic rings. The second-order valence-electron chi connectivity index (χ2n) is 4.71. The van der Waals surface area contributed by atoms with E-state index in [2.05, 4.69) is 10.6 Å². The number of amides is 1. The predicted octanol–water partition coefficient (Wildman–Crippen LogP) is 1.90. The van der Waals surface area contributed by atoms with E-state index in [1.807, 2.05) is 31.2 Å². The van der Waals surface area contributed by atoms with Crippen LogP contribution in [0.3, 0.4) is 0 Å². The number of carbonyl (C=O) groups is 1. The van der Waals surface area contributed by atoms with Gasteiger partial charge in [-0.2, -0.15) is 0 Å². The van der Waals surface area contributed by atoms with Crippen molar-refractivity contribution in [1.29, 1.82) is 0 Å². The van der Waals surface area contributed by atoms with Gasteiger partial charge in [0.15, 0.2) is 0 Å². The molecule has 0 aromatic heterocycles. The van der Waals surface area contributed by atoms with E-state index >= 15 is 0 Å². The standard InChI is InChI=1S/C14H19ClN2O2/c1-10(12-4-2-3-5-13(12)15)17-14(18)8-11-9-16-6-7-19-11/h2-5,10-11,16H,6-9H2,1H3,(H,17,18)/t10-,11?/m1/s1. The lowest BCUT2D eigenvalue weighted by molar-refractivity contribution is -0.125. The molecule has 1 aliphatic heterocycles. The molecule has 4 nitrogen and oxygen atoms in total. The molecule has 0 radical (unpaired) electrons. The number of morpholine rings is 1. The largest absolute Gasteiger partial charge is 0.375 e. The van der Waals surface area contributed by atoms with Crippen LogP contribution in [0.4, 0.5) is 0 Å². The molecule has 104 valence electrons. The van der Waals surface area contributed by atoms with E-state index in [1.54, 1.807) is 0 Å². The Labute approximate surface area is 118 Å². The Morgan fingerprint density at radius 2 is 2.37 bits per heavy atom. The third kappa shape index (κ3) is 4.20. The molecule has 1 heterocycles. The van der Waals surface area contributed by atoms with Crippen molar-refractivity contribution in [1.82, 2.24) is 10.6 Å².